The van der Waals surface area contributed by atoms with Gasteiger partial charge in [0, 0.05) is 24.9 Å². The molecule has 0 aromatic carbocycles. The molecule has 120 valence electrons. The van der Waals surface area contributed by atoms with Gasteiger partial charge in [0.2, 0.25) is 0 Å². The Labute approximate surface area is 127 Å². The Morgan fingerprint density at radius 1 is 1.41 bits per heavy atom. The molecular formula is C12H11ClF4N4O. The average molecular weight is 339 g/mol. The molecular weight excluding hydrogens is 328 g/mol. The van der Waals surface area contributed by atoms with Crippen LogP contribution in [0.3, 0.4) is 0 Å². The smallest absolute Gasteiger partial charge is 0.333 e. The van der Waals surface area contributed by atoms with E-state index >= 15 is 0 Å². The number of hydrogen-bond donors (Lipinski definition) is 2. The molecule has 0 aliphatic heterocycles. The summed E-state index contributed by atoms with van der Waals surface area (Å²) in [7, 11) is 0. The van der Waals surface area contributed by atoms with E-state index in [4.69, 9.17) is 11.6 Å². The molecule has 0 amide bonds. The van der Waals surface area contributed by atoms with Gasteiger partial charge in [-0.3, -0.25) is 0 Å². The fraction of sp³-hybridized carbons (Fsp3) is 0.333. The third kappa shape index (κ3) is 3.66. The summed E-state index contributed by atoms with van der Waals surface area (Å²) in [6.45, 7) is -2.31. The minimum absolute atomic E-state index is 0.00598. The summed E-state index contributed by atoms with van der Waals surface area (Å²) in [4.78, 5) is 3.76. The maximum Gasteiger partial charge on any atom is 0.333 e. The first-order valence-electron chi connectivity index (χ1n) is 6.00. The van der Waals surface area contributed by atoms with Gasteiger partial charge in [-0.1, -0.05) is 11.6 Å². The van der Waals surface area contributed by atoms with Gasteiger partial charge in [-0.2, -0.15) is 13.9 Å². The minimum atomic E-state index is -3.42. The first-order valence-corrected chi connectivity index (χ1v) is 6.38. The lowest BCUT2D eigenvalue weighted by Gasteiger charge is -2.21. The minimum Gasteiger partial charge on any atom is -0.368 e. The average Bonchev–Trinajstić information content (AvgIpc) is 2.87. The largest absolute Gasteiger partial charge is 0.368 e. The normalized spacial score (nSPS) is 13.5. The zero-order valence-electron chi connectivity index (χ0n) is 11.1. The summed E-state index contributed by atoms with van der Waals surface area (Å²) in [6.07, 6.45) is 0.0222. The lowest BCUT2D eigenvalue weighted by atomic mass is 10.1. The second-order valence-electron chi connectivity index (χ2n) is 4.51. The summed E-state index contributed by atoms with van der Waals surface area (Å²) in [5.74, 6) is -3.42. The number of aliphatic hydroxyl groups is 1. The molecule has 0 aliphatic carbocycles. The van der Waals surface area contributed by atoms with Gasteiger partial charge in [-0.05, 0) is 12.1 Å². The molecule has 2 aromatic rings. The molecule has 2 aromatic heterocycles. The number of hydrogen-bond acceptors (Lipinski definition) is 4. The van der Waals surface area contributed by atoms with Crippen molar-refractivity contribution in [1.29, 1.82) is 0 Å². The van der Waals surface area contributed by atoms with Crippen molar-refractivity contribution in [3.05, 3.63) is 29.7 Å². The summed E-state index contributed by atoms with van der Waals surface area (Å²) in [6, 6.07) is 2.45. The highest BCUT2D eigenvalue weighted by Crippen LogP contribution is 2.30. The van der Waals surface area contributed by atoms with E-state index < -0.39 is 18.7 Å². The van der Waals surface area contributed by atoms with Crippen molar-refractivity contribution in [2.45, 2.75) is 25.6 Å². The lowest BCUT2D eigenvalue weighted by molar-refractivity contribution is -0.0792. The van der Waals surface area contributed by atoms with Crippen LogP contribution in [0.2, 0.25) is 5.15 Å². The van der Waals surface area contributed by atoms with Crippen molar-refractivity contribution in [2.24, 2.45) is 0 Å². The monoisotopic (exact) mass is 338 g/mol. The molecule has 0 fully saturated rings. The quantitative estimate of drug-likeness (QED) is 0.498. The van der Waals surface area contributed by atoms with Crippen LogP contribution < -0.4 is 5.32 Å². The molecule has 1 atom stereocenters. The van der Waals surface area contributed by atoms with Crippen molar-refractivity contribution < 1.29 is 22.7 Å². The Bertz CT molecular complexity index is 659. The van der Waals surface area contributed by atoms with Gasteiger partial charge in [0.15, 0.2) is 6.23 Å². The van der Waals surface area contributed by atoms with Gasteiger partial charge in [-0.15, -0.1) is 0 Å². The standard InChI is InChI=1S/C12H11ClF4N4O/c1-12(16,17)10(22)19-8-4-9(13)18-5-6(8)7-2-3-21(20-7)11(14)15/h2-5,10-11,22H,1H3,(H,18,19). The molecule has 2 N–H and O–H groups in total. The summed E-state index contributed by atoms with van der Waals surface area (Å²) in [5.41, 5.74) is 0.208. The Kier molecular flexibility index (Phi) is 4.57. The van der Waals surface area contributed by atoms with Crippen LogP contribution in [0.25, 0.3) is 11.3 Å². The number of aromatic nitrogens is 3. The summed E-state index contributed by atoms with van der Waals surface area (Å²) < 4.78 is 51.6. The van der Waals surface area contributed by atoms with Crippen LogP contribution in [0.1, 0.15) is 13.5 Å². The Morgan fingerprint density at radius 3 is 2.64 bits per heavy atom. The van der Waals surface area contributed by atoms with Crippen LogP contribution in [0, 0.1) is 0 Å². The third-order valence-electron chi connectivity index (χ3n) is 2.73. The zero-order valence-corrected chi connectivity index (χ0v) is 11.9. The van der Waals surface area contributed by atoms with Gasteiger partial charge >= 0.3 is 6.55 Å². The molecule has 0 saturated heterocycles. The highest BCUT2D eigenvalue weighted by atomic mass is 35.5. The van der Waals surface area contributed by atoms with E-state index in [-0.39, 0.29) is 22.1 Å². The molecule has 5 nitrogen and oxygen atoms in total. The van der Waals surface area contributed by atoms with Crippen molar-refractivity contribution >= 4 is 17.3 Å². The number of pyridine rings is 1. The second-order valence-corrected chi connectivity index (χ2v) is 4.90. The molecule has 0 aliphatic rings. The van der Waals surface area contributed by atoms with E-state index in [9.17, 15) is 22.7 Å². The van der Waals surface area contributed by atoms with E-state index in [1.165, 1.54) is 18.3 Å². The van der Waals surface area contributed by atoms with Gasteiger partial charge in [0.25, 0.3) is 5.92 Å². The van der Waals surface area contributed by atoms with Crippen LogP contribution in [-0.2, 0) is 0 Å². The predicted octanol–water partition coefficient (Wildman–Crippen LogP) is 3.38. The van der Waals surface area contributed by atoms with Crippen LogP contribution >= 0.6 is 11.6 Å². The zero-order chi connectivity index (χ0) is 16.5. The van der Waals surface area contributed by atoms with Crippen molar-refractivity contribution in [2.75, 3.05) is 5.32 Å². The first kappa shape index (κ1) is 16.5. The van der Waals surface area contributed by atoms with Gasteiger partial charge < -0.3 is 10.4 Å². The van der Waals surface area contributed by atoms with E-state index in [2.05, 4.69) is 15.4 Å². The maximum absolute atomic E-state index is 13.1. The van der Waals surface area contributed by atoms with Crippen LogP contribution in [0.15, 0.2) is 24.5 Å². The molecule has 0 saturated carbocycles. The fourth-order valence-corrected chi connectivity index (χ4v) is 1.78. The topological polar surface area (TPSA) is 63.0 Å². The number of aliphatic hydroxyl groups excluding tert-OH is 1. The Hall–Kier alpha value is -1.87. The summed E-state index contributed by atoms with van der Waals surface area (Å²) >= 11 is 5.69. The molecule has 2 rings (SSSR count). The molecule has 0 radical (unpaired) electrons. The van der Waals surface area contributed by atoms with Crippen LogP contribution in [0.5, 0.6) is 0 Å². The van der Waals surface area contributed by atoms with E-state index in [0.29, 0.717) is 11.6 Å². The van der Waals surface area contributed by atoms with Gasteiger partial charge in [0.1, 0.15) is 5.15 Å². The second kappa shape index (κ2) is 6.09. The molecule has 10 heteroatoms. The number of nitrogens with zero attached hydrogens (tertiary/aromatic N) is 3. The van der Waals surface area contributed by atoms with Crippen LogP contribution in [-0.4, -0.2) is 32.0 Å². The highest BCUT2D eigenvalue weighted by Gasteiger charge is 2.33. The van der Waals surface area contributed by atoms with E-state index in [0.717, 1.165) is 6.20 Å². The number of nitrogens with one attached hydrogen (secondary N) is 1. The predicted molar refractivity (Wildman–Crippen MR) is 72.0 cm³/mol. The highest BCUT2D eigenvalue weighted by molar-refractivity contribution is 6.29. The van der Waals surface area contributed by atoms with Gasteiger partial charge in [0.05, 0.1) is 11.4 Å². The first-order chi connectivity index (χ1) is 10.2. The number of alkyl halides is 4. The van der Waals surface area contributed by atoms with E-state index in [1.807, 2.05) is 0 Å². The number of rotatable bonds is 5. The lowest BCUT2D eigenvalue weighted by Crippen LogP contribution is -2.37. The molecule has 2 heterocycles. The molecule has 1 unspecified atom stereocenters. The van der Waals surface area contributed by atoms with Crippen molar-refractivity contribution in [3.63, 3.8) is 0 Å². The number of halogens is 5. The van der Waals surface area contributed by atoms with Gasteiger partial charge in [-0.25, -0.2) is 18.4 Å². The number of anilines is 1. The van der Waals surface area contributed by atoms with Crippen molar-refractivity contribution in [1.82, 2.24) is 14.8 Å². The Balaban J connectivity index is 2.39. The Morgan fingerprint density at radius 2 is 2.09 bits per heavy atom. The SMILES string of the molecule is CC(F)(F)C(O)Nc1cc(Cl)ncc1-c1ccn(C(F)F)n1. The summed E-state index contributed by atoms with van der Waals surface area (Å²) in [5, 5.41) is 15.2. The molecule has 0 bridgehead atoms. The molecule has 0 spiro atoms. The van der Waals surface area contributed by atoms with Crippen molar-refractivity contribution in [3.8, 4) is 11.3 Å². The molecule has 22 heavy (non-hydrogen) atoms. The fourth-order valence-electron chi connectivity index (χ4n) is 1.62. The maximum atomic E-state index is 13.1. The third-order valence-corrected chi connectivity index (χ3v) is 2.93. The van der Waals surface area contributed by atoms with E-state index in [1.54, 1.807) is 0 Å². The van der Waals surface area contributed by atoms with Crippen LogP contribution in [0.4, 0.5) is 23.2 Å².